The molecule has 6 rings (SSSR count). The van der Waals surface area contributed by atoms with Crippen LogP contribution in [0.15, 0.2) is 48.2 Å². The van der Waals surface area contributed by atoms with Gasteiger partial charge in [-0.1, -0.05) is 30.7 Å². The number of methoxy groups -OCH3 is 2. The molecule has 6 heteroatoms. The lowest BCUT2D eigenvalue weighted by Crippen LogP contribution is -2.39. The van der Waals surface area contributed by atoms with Crippen LogP contribution in [0.3, 0.4) is 0 Å². The zero-order valence-electron chi connectivity index (χ0n) is 23.8. The summed E-state index contributed by atoms with van der Waals surface area (Å²) in [7, 11) is 3.48. The average molecular weight is 530 g/mol. The van der Waals surface area contributed by atoms with Gasteiger partial charge in [0.25, 0.3) is 0 Å². The van der Waals surface area contributed by atoms with Crippen LogP contribution < -0.4 is 4.90 Å². The third kappa shape index (κ3) is 5.15. The Balaban J connectivity index is 1.29. The number of fused-ring (bicyclic) bond motifs is 3. The minimum absolute atomic E-state index is 0.0637. The van der Waals surface area contributed by atoms with Crippen molar-refractivity contribution in [1.29, 1.82) is 0 Å². The lowest BCUT2D eigenvalue weighted by Gasteiger charge is -2.36. The lowest BCUT2D eigenvalue weighted by atomic mass is 9.88. The van der Waals surface area contributed by atoms with Gasteiger partial charge in [-0.3, -0.25) is 0 Å². The Morgan fingerprint density at radius 3 is 2.44 bits per heavy atom. The third-order valence-electron chi connectivity index (χ3n) is 9.19. The molecule has 1 unspecified atom stereocenters. The summed E-state index contributed by atoms with van der Waals surface area (Å²) in [5, 5.41) is 6.13. The monoisotopic (exact) mass is 529 g/mol. The molecule has 3 aromatic rings. The minimum atomic E-state index is -0.0991. The highest BCUT2D eigenvalue weighted by Crippen LogP contribution is 2.40. The van der Waals surface area contributed by atoms with E-state index >= 15 is 0 Å². The minimum Gasteiger partial charge on any atom is -0.372 e. The Morgan fingerprint density at radius 2 is 1.74 bits per heavy atom. The molecule has 3 aliphatic rings. The molecule has 1 atom stereocenters. The molecule has 39 heavy (non-hydrogen) atoms. The maximum Gasteiger partial charge on any atom is 0.159 e. The van der Waals surface area contributed by atoms with E-state index in [1.54, 1.807) is 19.8 Å². The van der Waals surface area contributed by atoms with Gasteiger partial charge in [-0.05, 0) is 98.2 Å². The van der Waals surface area contributed by atoms with Crippen molar-refractivity contribution in [2.45, 2.75) is 77.2 Å². The molecule has 208 valence electrons. The van der Waals surface area contributed by atoms with Crippen LogP contribution in [0, 0.1) is 5.92 Å². The second kappa shape index (κ2) is 11.8. The number of ether oxygens (including phenoxy) is 3. The maximum absolute atomic E-state index is 6.09. The SMILES string of the molecule is CCC1=C(c2ccc(N3CCC(C(OC)OC)CC3)cc2)c2ccc3c(cnn3C3CCCCO3)c2CCC1. The van der Waals surface area contributed by atoms with Crippen LogP contribution in [0.4, 0.5) is 5.69 Å². The van der Waals surface area contributed by atoms with Crippen molar-refractivity contribution in [3.05, 3.63) is 64.9 Å². The topological polar surface area (TPSA) is 48.8 Å². The van der Waals surface area contributed by atoms with E-state index in [1.165, 1.54) is 51.7 Å². The van der Waals surface area contributed by atoms with E-state index in [0.717, 1.165) is 64.6 Å². The van der Waals surface area contributed by atoms with Gasteiger partial charge in [0, 0.05) is 50.9 Å². The molecular formula is C33H43N3O3. The van der Waals surface area contributed by atoms with E-state index in [9.17, 15) is 0 Å². The number of anilines is 1. The van der Waals surface area contributed by atoms with Gasteiger partial charge in [0.1, 0.15) is 0 Å². The zero-order chi connectivity index (χ0) is 26.8. The van der Waals surface area contributed by atoms with E-state index in [1.807, 2.05) is 0 Å². The summed E-state index contributed by atoms with van der Waals surface area (Å²) >= 11 is 0. The summed E-state index contributed by atoms with van der Waals surface area (Å²) in [4.78, 5) is 2.50. The largest absolute Gasteiger partial charge is 0.372 e. The second-order valence-electron chi connectivity index (χ2n) is 11.3. The highest BCUT2D eigenvalue weighted by Gasteiger charge is 2.27. The van der Waals surface area contributed by atoms with Crippen LogP contribution in [0.5, 0.6) is 0 Å². The predicted octanol–water partition coefficient (Wildman–Crippen LogP) is 7.12. The fraction of sp³-hybridized carbons (Fsp3) is 0.545. The smallest absolute Gasteiger partial charge is 0.159 e. The molecular weight excluding hydrogens is 486 g/mol. The molecule has 0 amide bonds. The van der Waals surface area contributed by atoms with E-state index in [4.69, 9.17) is 19.3 Å². The first-order valence-corrected chi connectivity index (χ1v) is 15.0. The Morgan fingerprint density at radius 1 is 0.949 bits per heavy atom. The van der Waals surface area contributed by atoms with Crippen LogP contribution in [0.25, 0.3) is 16.5 Å². The van der Waals surface area contributed by atoms with Gasteiger partial charge in [-0.25, -0.2) is 4.68 Å². The molecule has 2 aromatic carbocycles. The van der Waals surface area contributed by atoms with Crippen molar-refractivity contribution >= 4 is 22.2 Å². The van der Waals surface area contributed by atoms with Crippen LogP contribution in [-0.4, -0.2) is 50.0 Å². The van der Waals surface area contributed by atoms with Crippen LogP contribution in [0.2, 0.25) is 0 Å². The number of hydrogen-bond donors (Lipinski definition) is 0. The summed E-state index contributed by atoms with van der Waals surface area (Å²) in [6.45, 7) is 5.21. The summed E-state index contributed by atoms with van der Waals surface area (Å²) in [5.74, 6) is 0.459. The number of rotatable bonds is 7. The van der Waals surface area contributed by atoms with Gasteiger partial charge in [0.05, 0.1) is 11.7 Å². The molecule has 1 aromatic heterocycles. The zero-order valence-corrected chi connectivity index (χ0v) is 23.8. The summed E-state index contributed by atoms with van der Waals surface area (Å²) < 4.78 is 19.3. The van der Waals surface area contributed by atoms with Crippen LogP contribution >= 0.6 is 0 Å². The van der Waals surface area contributed by atoms with Crippen LogP contribution in [-0.2, 0) is 20.6 Å². The molecule has 3 heterocycles. The van der Waals surface area contributed by atoms with Gasteiger partial charge in [-0.2, -0.15) is 5.10 Å². The standard InChI is InChI=1S/C33H43N3O3/c1-4-23-8-7-9-27-28(15-16-30-29(27)22-34-36(30)31-10-5-6-21-39-31)32(23)24-11-13-26(14-12-24)35-19-17-25(18-20-35)33(37-2)38-3/h11-16,22,25,31,33H,4-10,17-21H2,1-3H3. The fourth-order valence-electron chi connectivity index (χ4n) is 7.08. The molecule has 2 fully saturated rings. The molecule has 1 aliphatic carbocycles. The van der Waals surface area contributed by atoms with E-state index in [0.29, 0.717) is 5.92 Å². The molecule has 0 saturated carbocycles. The number of aromatic nitrogens is 2. The number of hydrogen-bond acceptors (Lipinski definition) is 5. The highest BCUT2D eigenvalue weighted by molar-refractivity contribution is 5.93. The van der Waals surface area contributed by atoms with Gasteiger partial charge in [-0.15, -0.1) is 0 Å². The first-order chi connectivity index (χ1) is 19.2. The fourth-order valence-corrected chi connectivity index (χ4v) is 7.08. The van der Waals surface area contributed by atoms with E-state index < -0.39 is 0 Å². The lowest BCUT2D eigenvalue weighted by molar-refractivity contribution is -0.141. The first-order valence-electron chi connectivity index (χ1n) is 15.0. The molecule has 2 aliphatic heterocycles. The molecule has 6 nitrogen and oxygen atoms in total. The van der Waals surface area contributed by atoms with Crippen molar-refractivity contribution in [2.75, 3.05) is 38.8 Å². The number of piperidine rings is 1. The number of benzene rings is 2. The van der Waals surface area contributed by atoms with Gasteiger partial charge in [0.2, 0.25) is 0 Å². The normalized spacial score (nSPS) is 21.0. The third-order valence-corrected chi connectivity index (χ3v) is 9.19. The predicted molar refractivity (Wildman–Crippen MR) is 157 cm³/mol. The van der Waals surface area contributed by atoms with Crippen molar-refractivity contribution in [1.82, 2.24) is 9.78 Å². The Kier molecular flexibility index (Phi) is 8.05. The number of aryl methyl sites for hydroxylation is 1. The summed E-state index contributed by atoms with van der Waals surface area (Å²) in [6.07, 6.45) is 12.1. The average Bonchev–Trinajstić information content (AvgIpc) is 3.34. The summed E-state index contributed by atoms with van der Waals surface area (Å²) in [5.41, 5.74) is 9.68. The maximum atomic E-state index is 6.09. The first kappa shape index (κ1) is 26.5. The Labute approximate surface area is 232 Å². The molecule has 0 spiro atoms. The van der Waals surface area contributed by atoms with Crippen molar-refractivity contribution in [2.24, 2.45) is 5.92 Å². The molecule has 0 N–H and O–H groups in total. The van der Waals surface area contributed by atoms with E-state index in [2.05, 4.69) is 59.1 Å². The molecule has 2 saturated heterocycles. The van der Waals surface area contributed by atoms with Gasteiger partial charge in [0.15, 0.2) is 12.5 Å². The second-order valence-corrected chi connectivity index (χ2v) is 11.3. The van der Waals surface area contributed by atoms with E-state index in [-0.39, 0.29) is 12.5 Å². The van der Waals surface area contributed by atoms with Gasteiger partial charge >= 0.3 is 0 Å². The molecule has 0 bridgehead atoms. The Bertz CT molecular complexity index is 1290. The van der Waals surface area contributed by atoms with Crippen molar-refractivity contribution in [3.8, 4) is 0 Å². The van der Waals surface area contributed by atoms with Crippen LogP contribution in [0.1, 0.15) is 81.2 Å². The van der Waals surface area contributed by atoms with Crippen molar-refractivity contribution < 1.29 is 14.2 Å². The highest BCUT2D eigenvalue weighted by atomic mass is 16.7. The van der Waals surface area contributed by atoms with Crippen molar-refractivity contribution in [3.63, 3.8) is 0 Å². The quantitative estimate of drug-likeness (QED) is 0.305. The number of nitrogens with zero attached hydrogens (tertiary/aromatic N) is 3. The Hall–Kier alpha value is -2.67. The molecule has 0 radical (unpaired) electrons. The number of allylic oxidation sites excluding steroid dienone is 1. The van der Waals surface area contributed by atoms with Gasteiger partial charge < -0.3 is 19.1 Å². The summed E-state index contributed by atoms with van der Waals surface area (Å²) in [6, 6.07) is 14.0.